The van der Waals surface area contributed by atoms with Gasteiger partial charge in [-0.1, -0.05) is 34.1 Å². The van der Waals surface area contributed by atoms with Crippen LogP contribution in [0, 0.1) is 10.8 Å². The van der Waals surface area contributed by atoms with Crippen LogP contribution in [0.4, 0.5) is 0 Å². The van der Waals surface area contributed by atoms with Gasteiger partial charge in [0.05, 0.1) is 6.10 Å². The van der Waals surface area contributed by atoms with Gasteiger partial charge >= 0.3 is 0 Å². The van der Waals surface area contributed by atoms with Gasteiger partial charge in [0.1, 0.15) is 0 Å². The molecule has 0 amide bonds. The Morgan fingerprint density at radius 1 is 1.23 bits per heavy atom. The van der Waals surface area contributed by atoms with Gasteiger partial charge in [0.15, 0.2) is 0 Å². The molecule has 0 aromatic rings. The largest absolute Gasteiger partial charge is 0.393 e. The highest BCUT2D eigenvalue weighted by molar-refractivity contribution is 5.00. The van der Waals surface area contributed by atoms with Crippen LogP contribution in [-0.4, -0.2) is 11.2 Å². The van der Waals surface area contributed by atoms with E-state index in [1.165, 1.54) is 19.3 Å². The second kappa shape index (κ2) is 3.61. The fourth-order valence-corrected chi connectivity index (χ4v) is 3.33. The van der Waals surface area contributed by atoms with E-state index in [1.807, 2.05) is 0 Å². The zero-order chi connectivity index (χ0) is 10.1. The first-order valence-electron chi connectivity index (χ1n) is 5.68. The number of hydrogen-bond acceptors (Lipinski definition) is 1. The molecular weight excluding hydrogens is 160 g/mol. The molecule has 1 saturated carbocycles. The maximum atomic E-state index is 10.1. The van der Waals surface area contributed by atoms with Crippen molar-refractivity contribution < 1.29 is 5.11 Å². The smallest absolute Gasteiger partial charge is 0.0598 e. The van der Waals surface area contributed by atoms with E-state index in [-0.39, 0.29) is 11.5 Å². The molecule has 1 rings (SSSR count). The summed E-state index contributed by atoms with van der Waals surface area (Å²) in [6.45, 7) is 8.97. The third kappa shape index (κ3) is 1.52. The average Bonchev–Trinajstić information content (AvgIpc) is 2.40. The highest BCUT2D eigenvalue weighted by atomic mass is 16.3. The highest BCUT2D eigenvalue weighted by Gasteiger charge is 2.50. The fourth-order valence-electron chi connectivity index (χ4n) is 3.33. The summed E-state index contributed by atoms with van der Waals surface area (Å²) in [5.41, 5.74) is 0.527. The van der Waals surface area contributed by atoms with E-state index in [0.29, 0.717) is 5.41 Å². The summed E-state index contributed by atoms with van der Waals surface area (Å²) in [5, 5.41) is 10.1. The molecule has 1 heteroatoms. The van der Waals surface area contributed by atoms with E-state index in [1.54, 1.807) is 0 Å². The molecule has 0 aromatic carbocycles. The monoisotopic (exact) mass is 184 g/mol. The Morgan fingerprint density at radius 2 is 1.85 bits per heavy atom. The lowest BCUT2D eigenvalue weighted by atomic mass is 9.62. The summed E-state index contributed by atoms with van der Waals surface area (Å²) in [6.07, 6.45) is 5.70. The van der Waals surface area contributed by atoms with E-state index in [0.717, 1.165) is 12.8 Å². The van der Waals surface area contributed by atoms with E-state index >= 15 is 0 Å². The molecule has 0 radical (unpaired) electrons. The summed E-state index contributed by atoms with van der Waals surface area (Å²) >= 11 is 0. The first-order chi connectivity index (χ1) is 6.00. The summed E-state index contributed by atoms with van der Waals surface area (Å²) in [6, 6.07) is 0. The predicted molar refractivity (Wildman–Crippen MR) is 56.7 cm³/mol. The zero-order valence-electron chi connectivity index (χ0n) is 9.56. The third-order valence-electron chi connectivity index (χ3n) is 4.43. The molecule has 0 heterocycles. The van der Waals surface area contributed by atoms with Crippen molar-refractivity contribution in [3.05, 3.63) is 0 Å². The van der Waals surface area contributed by atoms with Crippen molar-refractivity contribution in [2.75, 3.05) is 0 Å². The Kier molecular flexibility index (Phi) is 3.06. The maximum absolute atomic E-state index is 10.1. The average molecular weight is 184 g/mol. The van der Waals surface area contributed by atoms with Crippen molar-refractivity contribution in [2.45, 2.75) is 65.9 Å². The highest BCUT2D eigenvalue weighted by Crippen LogP contribution is 2.57. The second-order valence-corrected chi connectivity index (χ2v) is 5.17. The quantitative estimate of drug-likeness (QED) is 0.713. The molecule has 1 aliphatic carbocycles. The van der Waals surface area contributed by atoms with Gasteiger partial charge in [-0.3, -0.25) is 0 Å². The Labute approximate surface area is 82.5 Å². The minimum Gasteiger partial charge on any atom is -0.393 e. The zero-order valence-corrected chi connectivity index (χ0v) is 9.56. The molecule has 13 heavy (non-hydrogen) atoms. The summed E-state index contributed by atoms with van der Waals surface area (Å²) in [4.78, 5) is 0. The van der Waals surface area contributed by atoms with Crippen molar-refractivity contribution in [1.29, 1.82) is 0 Å². The number of aliphatic hydroxyl groups is 1. The molecule has 2 unspecified atom stereocenters. The van der Waals surface area contributed by atoms with Gasteiger partial charge in [-0.15, -0.1) is 0 Å². The van der Waals surface area contributed by atoms with Crippen LogP contribution in [0.25, 0.3) is 0 Å². The van der Waals surface area contributed by atoms with Gasteiger partial charge in [0.2, 0.25) is 0 Å². The van der Waals surface area contributed by atoms with Crippen LogP contribution in [0.3, 0.4) is 0 Å². The SMILES string of the molecule is CCC(O)C1(CC)CCCC1(C)C. The Hall–Kier alpha value is -0.0400. The van der Waals surface area contributed by atoms with Crippen molar-refractivity contribution in [2.24, 2.45) is 10.8 Å². The van der Waals surface area contributed by atoms with Gasteiger partial charge in [-0.05, 0) is 31.1 Å². The molecule has 1 fully saturated rings. The molecule has 1 N–H and O–H groups in total. The molecule has 0 spiro atoms. The van der Waals surface area contributed by atoms with Crippen LogP contribution in [0.1, 0.15) is 59.8 Å². The topological polar surface area (TPSA) is 20.2 Å². The van der Waals surface area contributed by atoms with E-state index in [2.05, 4.69) is 27.7 Å². The maximum Gasteiger partial charge on any atom is 0.0598 e. The van der Waals surface area contributed by atoms with E-state index in [4.69, 9.17) is 0 Å². The molecule has 0 aliphatic heterocycles. The molecule has 0 bridgehead atoms. The van der Waals surface area contributed by atoms with Crippen molar-refractivity contribution >= 4 is 0 Å². The first-order valence-corrected chi connectivity index (χ1v) is 5.68. The van der Waals surface area contributed by atoms with Gasteiger partial charge in [0.25, 0.3) is 0 Å². The van der Waals surface area contributed by atoms with Crippen LogP contribution >= 0.6 is 0 Å². The minimum atomic E-state index is -0.102. The summed E-state index contributed by atoms with van der Waals surface area (Å²) in [7, 11) is 0. The minimum absolute atomic E-state index is 0.102. The number of hydrogen-bond donors (Lipinski definition) is 1. The van der Waals surface area contributed by atoms with Crippen LogP contribution in [0.5, 0.6) is 0 Å². The van der Waals surface area contributed by atoms with Crippen LogP contribution in [0.15, 0.2) is 0 Å². The lowest BCUT2D eigenvalue weighted by molar-refractivity contribution is -0.0469. The second-order valence-electron chi connectivity index (χ2n) is 5.17. The van der Waals surface area contributed by atoms with Crippen LogP contribution < -0.4 is 0 Å². The molecule has 0 aromatic heterocycles. The van der Waals surface area contributed by atoms with Crippen LogP contribution in [0.2, 0.25) is 0 Å². The Morgan fingerprint density at radius 3 is 2.15 bits per heavy atom. The molecule has 1 nitrogen and oxygen atoms in total. The van der Waals surface area contributed by atoms with Gasteiger partial charge < -0.3 is 5.11 Å². The number of rotatable bonds is 3. The molecule has 78 valence electrons. The van der Waals surface area contributed by atoms with Crippen LogP contribution in [-0.2, 0) is 0 Å². The normalized spacial score (nSPS) is 34.8. The third-order valence-corrected chi connectivity index (χ3v) is 4.43. The molecule has 2 atom stereocenters. The molecular formula is C12H24O. The summed E-state index contributed by atoms with van der Waals surface area (Å²) < 4.78 is 0. The van der Waals surface area contributed by atoms with E-state index < -0.39 is 0 Å². The molecule has 0 saturated heterocycles. The Balaban J connectivity index is 2.91. The van der Waals surface area contributed by atoms with Gasteiger partial charge in [0, 0.05) is 5.41 Å². The van der Waals surface area contributed by atoms with Crippen molar-refractivity contribution in [3.8, 4) is 0 Å². The lowest BCUT2D eigenvalue weighted by Crippen LogP contribution is -2.42. The van der Waals surface area contributed by atoms with Crippen molar-refractivity contribution in [1.82, 2.24) is 0 Å². The van der Waals surface area contributed by atoms with E-state index in [9.17, 15) is 5.11 Å². The predicted octanol–water partition coefficient (Wildman–Crippen LogP) is 3.36. The Bertz CT molecular complexity index is 174. The van der Waals surface area contributed by atoms with Gasteiger partial charge in [-0.25, -0.2) is 0 Å². The standard InChI is InChI=1S/C12H24O/c1-5-10(13)12(6-2)9-7-8-11(12,3)4/h10,13H,5-9H2,1-4H3. The fraction of sp³-hybridized carbons (Fsp3) is 1.00. The van der Waals surface area contributed by atoms with Crippen molar-refractivity contribution in [3.63, 3.8) is 0 Å². The lowest BCUT2D eigenvalue weighted by Gasteiger charge is -2.44. The van der Waals surface area contributed by atoms with Gasteiger partial charge in [-0.2, -0.15) is 0 Å². The first kappa shape index (κ1) is 11.0. The number of aliphatic hydroxyl groups excluding tert-OH is 1. The summed E-state index contributed by atoms with van der Waals surface area (Å²) in [5.74, 6) is 0. The molecule has 1 aliphatic rings.